The van der Waals surface area contributed by atoms with Crippen LogP contribution in [0.4, 0.5) is 0 Å². The maximum Gasteiger partial charge on any atom is 0.0720 e. The Morgan fingerprint density at radius 3 is 0.971 bits per heavy atom. The van der Waals surface area contributed by atoms with Crippen LogP contribution in [0.2, 0.25) is 0 Å². The third-order valence-electron chi connectivity index (χ3n) is 16.9. The molecular weight excluding hydrogens is 845 g/mol. The predicted octanol–water partition coefficient (Wildman–Crippen LogP) is 16.7. The van der Waals surface area contributed by atoms with E-state index in [-0.39, 0.29) is 0 Å². The second kappa shape index (κ2) is 13.0. The Hall–Kier alpha value is -8.98. The van der Waals surface area contributed by atoms with Gasteiger partial charge in [0.05, 0.1) is 43.9 Å². The summed E-state index contributed by atoms with van der Waals surface area (Å²) in [7, 11) is 0. The Morgan fingerprint density at radius 2 is 0.586 bits per heavy atom. The number of nitrogens with zero attached hydrogens (tertiary/aromatic N) is 2. The van der Waals surface area contributed by atoms with Crippen molar-refractivity contribution in [3.63, 3.8) is 0 Å². The van der Waals surface area contributed by atoms with Gasteiger partial charge in [-0.15, -0.1) is 0 Å². The van der Waals surface area contributed by atoms with E-state index in [4.69, 9.17) is 0 Å². The van der Waals surface area contributed by atoms with Crippen LogP contribution in [0.15, 0.2) is 243 Å². The molecule has 0 fully saturated rings. The van der Waals surface area contributed by atoms with Crippen LogP contribution in [0.3, 0.4) is 0 Å². The van der Waals surface area contributed by atoms with Crippen LogP contribution in [0.25, 0.3) is 98.4 Å². The monoisotopic (exact) mass is 884 g/mol. The molecule has 4 aromatic heterocycles. The number of hydrogen-bond acceptors (Lipinski definition) is 0. The van der Waals surface area contributed by atoms with Crippen molar-refractivity contribution in [2.75, 3.05) is 0 Å². The van der Waals surface area contributed by atoms with Gasteiger partial charge in [-0.05, 0) is 91.0 Å². The molecule has 0 amide bonds. The van der Waals surface area contributed by atoms with Gasteiger partial charge >= 0.3 is 0 Å². The van der Waals surface area contributed by atoms with Crippen molar-refractivity contribution in [1.82, 2.24) is 8.80 Å². The van der Waals surface area contributed by atoms with E-state index in [1.165, 1.54) is 143 Å². The number of rotatable bonds is 4. The molecule has 2 heteroatoms. The zero-order valence-electron chi connectivity index (χ0n) is 38.0. The van der Waals surface area contributed by atoms with Gasteiger partial charge in [0.1, 0.15) is 0 Å². The molecule has 0 unspecified atom stereocenters. The van der Waals surface area contributed by atoms with Crippen molar-refractivity contribution in [3.8, 4) is 22.3 Å². The molecule has 0 bridgehead atoms. The van der Waals surface area contributed by atoms with Crippen molar-refractivity contribution < 1.29 is 0 Å². The summed E-state index contributed by atoms with van der Waals surface area (Å²) in [5.74, 6) is 0. The molecular formula is C68H40N2. The highest BCUT2D eigenvalue weighted by atomic mass is 14.9. The van der Waals surface area contributed by atoms with Gasteiger partial charge in [0.2, 0.25) is 0 Å². The van der Waals surface area contributed by atoms with E-state index in [9.17, 15) is 0 Å². The SMILES string of the molecule is c1ccc(C2(c3ccccc3)c3ccccc3-c3ccc4c(c32)c2cccc3c5cc6c(cc5n4c32)c2cccc3c4c5c(ccc4n6c23)-c2ccccc2C5(c2ccccc2)c2ccccc2)cc1. The Labute approximate surface area is 403 Å². The summed E-state index contributed by atoms with van der Waals surface area (Å²) in [5, 5.41) is 10.4. The smallest absolute Gasteiger partial charge is 0.0720 e. The highest BCUT2D eigenvalue weighted by Gasteiger charge is 2.49. The van der Waals surface area contributed by atoms with E-state index in [0.717, 1.165) is 0 Å². The second-order valence-corrected chi connectivity index (χ2v) is 19.8. The normalized spacial score (nSPS) is 14.5. The van der Waals surface area contributed by atoms with Crippen LogP contribution in [-0.4, -0.2) is 8.80 Å². The van der Waals surface area contributed by atoms with E-state index in [1.54, 1.807) is 0 Å². The van der Waals surface area contributed by atoms with Crippen molar-refractivity contribution in [2.24, 2.45) is 0 Å². The molecule has 0 spiro atoms. The average molecular weight is 885 g/mol. The summed E-state index contributed by atoms with van der Waals surface area (Å²) in [6, 6.07) is 91.9. The first-order valence-electron chi connectivity index (χ1n) is 24.6. The minimum atomic E-state index is -0.510. The largest absolute Gasteiger partial charge is 0.308 e. The Bertz CT molecular complexity index is 4290. The lowest BCUT2D eigenvalue weighted by Gasteiger charge is -2.34. The van der Waals surface area contributed by atoms with Gasteiger partial charge in [0.25, 0.3) is 0 Å². The van der Waals surface area contributed by atoms with Gasteiger partial charge in [-0.2, -0.15) is 0 Å². The number of hydrogen-bond donors (Lipinski definition) is 0. The summed E-state index contributed by atoms with van der Waals surface area (Å²) >= 11 is 0. The van der Waals surface area contributed by atoms with E-state index >= 15 is 0 Å². The lowest BCUT2D eigenvalue weighted by Crippen LogP contribution is -2.28. The van der Waals surface area contributed by atoms with Gasteiger partial charge < -0.3 is 8.80 Å². The van der Waals surface area contributed by atoms with Crippen molar-refractivity contribution in [2.45, 2.75) is 10.8 Å². The second-order valence-electron chi connectivity index (χ2n) is 19.8. The molecule has 0 radical (unpaired) electrons. The van der Waals surface area contributed by atoms with Crippen LogP contribution in [-0.2, 0) is 10.8 Å². The molecule has 17 rings (SSSR count). The van der Waals surface area contributed by atoms with E-state index in [0.29, 0.717) is 0 Å². The van der Waals surface area contributed by atoms with Crippen LogP contribution >= 0.6 is 0 Å². The maximum atomic E-state index is 2.60. The highest BCUT2D eigenvalue weighted by molar-refractivity contribution is 6.30. The topological polar surface area (TPSA) is 8.82 Å². The van der Waals surface area contributed by atoms with E-state index in [2.05, 4.69) is 251 Å². The predicted molar refractivity (Wildman–Crippen MR) is 290 cm³/mol. The first-order valence-corrected chi connectivity index (χ1v) is 24.6. The molecule has 322 valence electrons. The highest BCUT2D eigenvalue weighted by Crippen LogP contribution is 2.62. The van der Waals surface area contributed by atoms with Crippen molar-refractivity contribution >= 4 is 76.2 Å². The fraction of sp³-hybridized carbons (Fsp3) is 0.0294. The minimum absolute atomic E-state index is 0.510. The van der Waals surface area contributed by atoms with Crippen LogP contribution in [0.5, 0.6) is 0 Å². The van der Waals surface area contributed by atoms with E-state index < -0.39 is 10.8 Å². The number of aromatic nitrogens is 2. The molecule has 70 heavy (non-hydrogen) atoms. The molecule has 2 aliphatic carbocycles. The average Bonchev–Trinajstić information content (AvgIpc) is 4.26. The molecule has 0 saturated carbocycles. The molecule has 2 aliphatic rings. The van der Waals surface area contributed by atoms with Gasteiger partial charge in [-0.25, -0.2) is 0 Å². The molecule has 0 atom stereocenters. The third kappa shape index (κ3) is 4.14. The van der Waals surface area contributed by atoms with Gasteiger partial charge in [-0.3, -0.25) is 0 Å². The summed E-state index contributed by atoms with van der Waals surface area (Å²) < 4.78 is 5.20. The first-order chi connectivity index (χ1) is 34.8. The van der Waals surface area contributed by atoms with E-state index in [1.807, 2.05) is 0 Å². The van der Waals surface area contributed by atoms with Crippen LogP contribution in [0, 0.1) is 0 Å². The summed E-state index contributed by atoms with van der Waals surface area (Å²) in [5.41, 5.74) is 22.3. The Kier molecular flexibility index (Phi) is 6.86. The van der Waals surface area contributed by atoms with Crippen molar-refractivity contribution in [3.05, 3.63) is 287 Å². The zero-order valence-corrected chi connectivity index (χ0v) is 38.0. The zero-order chi connectivity index (χ0) is 45.5. The van der Waals surface area contributed by atoms with Crippen molar-refractivity contribution in [1.29, 1.82) is 0 Å². The molecule has 15 aromatic rings. The minimum Gasteiger partial charge on any atom is -0.308 e. The number of para-hydroxylation sites is 2. The van der Waals surface area contributed by atoms with Gasteiger partial charge in [0.15, 0.2) is 0 Å². The molecule has 2 nitrogen and oxygen atoms in total. The fourth-order valence-electron chi connectivity index (χ4n) is 14.5. The quantitative estimate of drug-likeness (QED) is 0.167. The third-order valence-corrected chi connectivity index (χ3v) is 16.9. The fourth-order valence-corrected chi connectivity index (χ4v) is 14.5. The summed E-state index contributed by atoms with van der Waals surface area (Å²) in [6.07, 6.45) is 0. The van der Waals surface area contributed by atoms with Gasteiger partial charge in [-0.1, -0.05) is 218 Å². The summed E-state index contributed by atoms with van der Waals surface area (Å²) in [6.45, 7) is 0. The standard InChI is InChI=1S/C68H40N2/c1-5-19-41(20-6-1)67(42-21-7-2-8-22-42)55-33-15-13-27-45(55)47-35-37-57-61(63(47)67)51-31-17-29-49-53-40-60-54(39-59(53)69(57)65(49)51)50-30-18-32-52-62-58(70(60)66(50)52)38-36-48-46-28-14-16-34-56(46)68(64(48)62,43-23-9-3-10-24-43)44-25-11-4-12-26-44/h1-40H. The Balaban J connectivity index is 0.996. The lowest BCUT2D eigenvalue weighted by atomic mass is 9.67. The Morgan fingerprint density at radius 1 is 0.243 bits per heavy atom. The molecule has 11 aromatic carbocycles. The number of benzene rings is 11. The molecule has 0 N–H and O–H groups in total. The van der Waals surface area contributed by atoms with Crippen LogP contribution < -0.4 is 0 Å². The molecule has 0 saturated heterocycles. The molecule has 0 aliphatic heterocycles. The van der Waals surface area contributed by atoms with Crippen LogP contribution in [0.1, 0.15) is 44.5 Å². The lowest BCUT2D eigenvalue weighted by molar-refractivity contribution is 0.776. The number of fused-ring (bicyclic) bond motifs is 20. The maximum absolute atomic E-state index is 2.60. The first kappa shape index (κ1) is 37.1. The summed E-state index contributed by atoms with van der Waals surface area (Å²) in [4.78, 5) is 0. The molecule has 4 heterocycles. The van der Waals surface area contributed by atoms with Gasteiger partial charge in [0, 0.05) is 43.1 Å².